The molecule has 8 heteroatoms. The summed E-state index contributed by atoms with van der Waals surface area (Å²) in [7, 11) is 2.06. The van der Waals surface area contributed by atoms with Gasteiger partial charge in [-0.2, -0.15) is 0 Å². The van der Waals surface area contributed by atoms with Crippen LogP contribution >= 0.6 is 0 Å². The van der Waals surface area contributed by atoms with E-state index in [1.165, 1.54) is 16.8 Å². The number of aryl methyl sites for hydroxylation is 1. The first kappa shape index (κ1) is 28.1. The lowest BCUT2D eigenvalue weighted by atomic mass is 9.64. The standard InChI is InChI=1S/C43H29BN6O/c1-46-28-47-41-27-31(51-30-21-23-33-32-14-5-6-15-35(32)48(40(33)26-30)42-20-9-10-25-45-42)22-24-34(41)44-49(29-12-3-2-4-13-29)36-16-7-8-17-37(36)50(44)39-19-11-18-38(46)43(39)47/h2-27H,1H3. The van der Waals surface area contributed by atoms with Crippen LogP contribution in [0.25, 0.3) is 44.3 Å². The summed E-state index contributed by atoms with van der Waals surface area (Å²) in [5.41, 5.74) is 11.1. The van der Waals surface area contributed by atoms with Crippen molar-refractivity contribution in [1.82, 2.24) is 14.1 Å². The molecule has 7 nitrogen and oxygen atoms in total. The second-order valence-corrected chi connectivity index (χ2v) is 13.1. The fraction of sp³-hybridized carbons (Fsp3) is 0.0233. The number of pyridine rings is 1. The van der Waals surface area contributed by atoms with Crippen LogP contribution < -0.4 is 24.4 Å². The van der Waals surface area contributed by atoms with Crippen molar-refractivity contribution >= 4 is 68.0 Å². The lowest BCUT2D eigenvalue weighted by Crippen LogP contribution is -2.54. The predicted octanol–water partition coefficient (Wildman–Crippen LogP) is 8.54. The molecule has 240 valence electrons. The van der Waals surface area contributed by atoms with Crippen LogP contribution in [0, 0.1) is 6.33 Å². The van der Waals surface area contributed by atoms with Gasteiger partial charge in [0, 0.05) is 34.4 Å². The molecule has 0 aliphatic carbocycles. The highest BCUT2D eigenvalue weighted by atomic mass is 16.5. The molecule has 2 aliphatic rings. The van der Waals surface area contributed by atoms with Gasteiger partial charge in [0.15, 0.2) is 0 Å². The first-order valence-corrected chi connectivity index (χ1v) is 17.1. The molecule has 3 aromatic heterocycles. The molecule has 0 unspecified atom stereocenters. The number of aromatic nitrogens is 4. The van der Waals surface area contributed by atoms with Crippen LogP contribution in [-0.2, 0) is 7.05 Å². The van der Waals surface area contributed by atoms with Gasteiger partial charge in [0.1, 0.15) is 17.3 Å². The topological polar surface area (TPSA) is 42.3 Å². The van der Waals surface area contributed by atoms with Crippen molar-refractivity contribution in [2.24, 2.45) is 7.05 Å². The van der Waals surface area contributed by atoms with Crippen LogP contribution in [0.5, 0.6) is 11.5 Å². The average molecular weight is 657 g/mol. The van der Waals surface area contributed by atoms with Gasteiger partial charge in [0.2, 0.25) is 6.33 Å². The smallest absolute Gasteiger partial charge is 0.414 e. The lowest BCUT2D eigenvalue weighted by molar-refractivity contribution is -0.571. The van der Waals surface area contributed by atoms with E-state index in [1.54, 1.807) is 0 Å². The largest absolute Gasteiger partial charge is 0.458 e. The van der Waals surface area contributed by atoms with Crippen LogP contribution in [-0.4, -0.2) is 21.1 Å². The highest BCUT2D eigenvalue weighted by Crippen LogP contribution is 2.48. The van der Waals surface area contributed by atoms with E-state index in [1.807, 2.05) is 24.4 Å². The molecule has 5 heterocycles. The highest BCUT2D eigenvalue weighted by molar-refractivity contribution is 6.85. The third kappa shape index (κ3) is 4.01. The van der Waals surface area contributed by atoms with Crippen molar-refractivity contribution in [3.05, 3.63) is 164 Å². The summed E-state index contributed by atoms with van der Waals surface area (Å²) in [5, 5.41) is 2.33. The number of imidazole rings is 1. The van der Waals surface area contributed by atoms with Gasteiger partial charge < -0.3 is 23.5 Å². The Labute approximate surface area is 294 Å². The highest BCUT2D eigenvalue weighted by Gasteiger charge is 2.46. The normalized spacial score (nSPS) is 13.1. The minimum atomic E-state index is -0.136. The van der Waals surface area contributed by atoms with Crippen molar-refractivity contribution in [1.29, 1.82) is 0 Å². The molecule has 0 N–H and O–H groups in total. The Morgan fingerprint density at radius 1 is 0.608 bits per heavy atom. The van der Waals surface area contributed by atoms with Gasteiger partial charge in [-0.1, -0.05) is 72.8 Å². The van der Waals surface area contributed by atoms with E-state index in [-0.39, 0.29) is 6.98 Å². The third-order valence-electron chi connectivity index (χ3n) is 10.3. The molecular formula is C43H29BN6O. The Morgan fingerprint density at radius 3 is 2.18 bits per heavy atom. The molecule has 51 heavy (non-hydrogen) atoms. The van der Waals surface area contributed by atoms with Crippen LogP contribution in [0.15, 0.2) is 158 Å². The summed E-state index contributed by atoms with van der Waals surface area (Å²) in [6.45, 7) is -0.136. The van der Waals surface area contributed by atoms with Crippen molar-refractivity contribution in [3.8, 4) is 23.0 Å². The number of rotatable bonds is 4. The zero-order valence-electron chi connectivity index (χ0n) is 27.7. The molecule has 2 aliphatic heterocycles. The molecule has 0 spiro atoms. The maximum atomic E-state index is 6.76. The van der Waals surface area contributed by atoms with Gasteiger partial charge in [0.05, 0.1) is 46.2 Å². The van der Waals surface area contributed by atoms with Crippen LogP contribution in [0.1, 0.15) is 0 Å². The van der Waals surface area contributed by atoms with Gasteiger partial charge in [-0.15, -0.1) is 0 Å². The molecule has 0 saturated carbocycles. The Hall–Kier alpha value is -6.80. The summed E-state index contributed by atoms with van der Waals surface area (Å²) in [5.74, 6) is 2.37. The number of para-hydroxylation sites is 5. The minimum absolute atomic E-state index is 0.136. The van der Waals surface area contributed by atoms with E-state index in [4.69, 9.17) is 9.72 Å². The molecule has 0 bridgehead atoms. The fourth-order valence-electron chi connectivity index (χ4n) is 8.18. The third-order valence-corrected chi connectivity index (χ3v) is 10.3. The van der Waals surface area contributed by atoms with Gasteiger partial charge in [0.25, 0.3) is 0 Å². The summed E-state index contributed by atoms with van der Waals surface area (Å²) in [6.07, 6.45) is 5.47. The minimum Gasteiger partial charge on any atom is -0.458 e. The van der Waals surface area contributed by atoms with Gasteiger partial charge >= 0.3 is 6.98 Å². The van der Waals surface area contributed by atoms with Crippen LogP contribution in [0.4, 0.5) is 22.7 Å². The van der Waals surface area contributed by atoms with Crippen LogP contribution in [0.2, 0.25) is 0 Å². The molecule has 0 amide bonds. The molecule has 0 fully saturated rings. The van der Waals surface area contributed by atoms with E-state index in [0.29, 0.717) is 0 Å². The van der Waals surface area contributed by atoms with E-state index < -0.39 is 0 Å². The zero-order chi connectivity index (χ0) is 33.6. The summed E-state index contributed by atoms with van der Waals surface area (Å²) in [6, 6.07) is 53.2. The number of anilines is 4. The summed E-state index contributed by atoms with van der Waals surface area (Å²) in [4.78, 5) is 9.63. The van der Waals surface area contributed by atoms with Crippen molar-refractivity contribution in [2.75, 3.05) is 9.62 Å². The lowest BCUT2D eigenvalue weighted by Gasteiger charge is -2.30. The molecule has 0 saturated heterocycles. The number of hydrogen-bond donors (Lipinski definition) is 0. The number of benzene rings is 6. The number of ether oxygens (including phenoxy) is 1. The monoisotopic (exact) mass is 656 g/mol. The molecule has 0 radical (unpaired) electrons. The predicted molar refractivity (Wildman–Crippen MR) is 204 cm³/mol. The Balaban J connectivity index is 1.10. The molecule has 0 atom stereocenters. The van der Waals surface area contributed by atoms with Crippen molar-refractivity contribution < 1.29 is 9.30 Å². The number of hydrogen-bond acceptors (Lipinski definition) is 4. The molecule has 6 aromatic carbocycles. The van der Waals surface area contributed by atoms with Gasteiger partial charge in [-0.05, 0) is 78.3 Å². The Kier molecular flexibility index (Phi) is 5.84. The van der Waals surface area contributed by atoms with E-state index in [9.17, 15) is 0 Å². The number of nitrogens with zero attached hydrogens (tertiary/aromatic N) is 6. The van der Waals surface area contributed by atoms with Crippen molar-refractivity contribution in [2.45, 2.75) is 0 Å². The Morgan fingerprint density at radius 2 is 1.31 bits per heavy atom. The molecular weight excluding hydrogens is 627 g/mol. The maximum Gasteiger partial charge on any atom is 0.414 e. The summed E-state index contributed by atoms with van der Waals surface area (Å²) < 4.78 is 13.3. The molecule has 11 rings (SSSR count). The molecule has 9 aromatic rings. The SMILES string of the molecule is Cn1[c-][n+]2c3c(cccc31)N1B(c3ccc(Oc4ccc5c6ccccc6n(-c6ccccn6)c5c4)cc3-2)N(c2ccccc2)c2ccccc21. The second-order valence-electron chi connectivity index (χ2n) is 13.1. The first-order chi connectivity index (χ1) is 25.2. The average Bonchev–Trinajstić information content (AvgIpc) is 3.80. The van der Waals surface area contributed by atoms with Gasteiger partial charge in [-0.3, -0.25) is 4.57 Å². The quantitative estimate of drug-likeness (QED) is 0.108. The fourth-order valence-corrected chi connectivity index (χ4v) is 8.18. The van der Waals surface area contributed by atoms with E-state index in [2.05, 4.69) is 170 Å². The number of fused-ring (bicyclic) bond motifs is 10. The zero-order valence-corrected chi connectivity index (χ0v) is 27.7. The maximum absolute atomic E-state index is 6.76. The van der Waals surface area contributed by atoms with Crippen LogP contribution in [0.3, 0.4) is 0 Å². The van der Waals surface area contributed by atoms with E-state index in [0.717, 1.165) is 67.3 Å². The second kappa shape index (κ2) is 10.6. The first-order valence-electron chi connectivity index (χ1n) is 17.1. The Bertz CT molecular complexity index is 2830. The van der Waals surface area contributed by atoms with Crippen molar-refractivity contribution in [3.63, 3.8) is 0 Å². The summed E-state index contributed by atoms with van der Waals surface area (Å²) >= 11 is 0. The van der Waals surface area contributed by atoms with E-state index >= 15 is 0 Å². The van der Waals surface area contributed by atoms with Gasteiger partial charge in [-0.25, -0.2) is 4.98 Å².